The number of anilines is 1. The van der Waals surface area contributed by atoms with Gasteiger partial charge in [-0.15, -0.1) is 11.3 Å². The van der Waals surface area contributed by atoms with E-state index in [9.17, 15) is 4.79 Å². The number of morpholine rings is 1. The van der Waals surface area contributed by atoms with Gasteiger partial charge in [0.1, 0.15) is 17.0 Å². The van der Waals surface area contributed by atoms with Gasteiger partial charge in [0.2, 0.25) is 5.91 Å². The van der Waals surface area contributed by atoms with Crippen LogP contribution in [0.4, 0.5) is 5.82 Å². The lowest BCUT2D eigenvalue weighted by Crippen LogP contribution is -2.46. The average Bonchev–Trinajstić information content (AvgIpc) is 3.13. The molecule has 1 saturated heterocycles. The molecule has 1 saturated carbocycles. The summed E-state index contributed by atoms with van der Waals surface area (Å²) in [6.07, 6.45) is 8.89. The third kappa shape index (κ3) is 3.85. The van der Waals surface area contributed by atoms with E-state index < -0.39 is 0 Å². The van der Waals surface area contributed by atoms with Gasteiger partial charge in [0, 0.05) is 36.0 Å². The topological polar surface area (TPSA) is 93.4 Å². The number of amides is 1. The third-order valence-corrected chi connectivity index (χ3v) is 8.04. The number of nitrogens with one attached hydrogen (secondary N) is 1. The number of aromatic nitrogens is 2. The van der Waals surface area contributed by atoms with E-state index in [4.69, 9.17) is 10.5 Å². The lowest BCUT2D eigenvalue weighted by Gasteiger charge is -2.39. The Bertz CT molecular complexity index is 887. The van der Waals surface area contributed by atoms with Crippen LogP contribution in [0.1, 0.15) is 42.5 Å². The van der Waals surface area contributed by atoms with Gasteiger partial charge in [-0.3, -0.25) is 9.69 Å². The molecule has 156 valence electrons. The van der Waals surface area contributed by atoms with Crippen molar-refractivity contribution in [1.82, 2.24) is 14.9 Å². The molecule has 1 aliphatic heterocycles. The molecule has 0 bridgehead atoms. The standard InChI is InChI=1S/C21H29N5O2S/c22-19(27)13-1-6-17-16(11-13)18-20(23-12-24-21(18)29-17)25-14-2-4-15(5-3-14)26-7-9-28-10-8-26/h12-15H,1-11H2,(H2,22,27)(H,23,24,25)/t13-,14?,15?/m1/s1. The fourth-order valence-corrected chi connectivity index (χ4v) is 6.37. The van der Waals surface area contributed by atoms with Crippen molar-refractivity contribution >= 4 is 33.3 Å². The number of rotatable bonds is 4. The fraction of sp³-hybridized carbons (Fsp3) is 0.667. The summed E-state index contributed by atoms with van der Waals surface area (Å²) in [5, 5.41) is 4.84. The van der Waals surface area contributed by atoms with Crippen LogP contribution in [0.25, 0.3) is 10.2 Å². The van der Waals surface area contributed by atoms with Gasteiger partial charge in [0.05, 0.1) is 18.6 Å². The van der Waals surface area contributed by atoms with Crippen LogP contribution in [-0.4, -0.2) is 59.2 Å². The summed E-state index contributed by atoms with van der Waals surface area (Å²) in [7, 11) is 0. The summed E-state index contributed by atoms with van der Waals surface area (Å²) >= 11 is 1.75. The van der Waals surface area contributed by atoms with Crippen molar-refractivity contribution < 1.29 is 9.53 Å². The molecule has 3 aliphatic rings. The summed E-state index contributed by atoms with van der Waals surface area (Å²) in [6, 6.07) is 1.13. The maximum absolute atomic E-state index is 11.8. The molecule has 2 aliphatic carbocycles. The van der Waals surface area contributed by atoms with Crippen LogP contribution < -0.4 is 11.1 Å². The number of nitrogens with zero attached hydrogens (tertiary/aromatic N) is 3. The first-order valence-corrected chi connectivity index (χ1v) is 11.6. The van der Waals surface area contributed by atoms with Crippen LogP contribution in [0.3, 0.4) is 0 Å². The van der Waals surface area contributed by atoms with Gasteiger partial charge >= 0.3 is 0 Å². The number of thiophene rings is 1. The number of aryl methyl sites for hydroxylation is 1. The van der Waals surface area contributed by atoms with Gasteiger partial charge in [-0.25, -0.2) is 9.97 Å². The minimum Gasteiger partial charge on any atom is -0.379 e. The van der Waals surface area contributed by atoms with E-state index in [1.165, 1.54) is 23.3 Å². The predicted octanol–water partition coefficient (Wildman–Crippen LogP) is 2.34. The maximum Gasteiger partial charge on any atom is 0.220 e. The molecule has 7 nitrogen and oxygen atoms in total. The number of nitrogens with two attached hydrogens (primary N) is 1. The largest absolute Gasteiger partial charge is 0.379 e. The number of hydrogen-bond donors (Lipinski definition) is 2. The van der Waals surface area contributed by atoms with Gasteiger partial charge in [-0.05, 0) is 50.5 Å². The molecule has 3 heterocycles. The van der Waals surface area contributed by atoms with Crippen LogP contribution in [-0.2, 0) is 22.4 Å². The highest BCUT2D eigenvalue weighted by Crippen LogP contribution is 2.40. The van der Waals surface area contributed by atoms with E-state index in [0.717, 1.165) is 74.4 Å². The summed E-state index contributed by atoms with van der Waals surface area (Å²) in [5.74, 6) is 0.674. The Morgan fingerprint density at radius 1 is 1.17 bits per heavy atom. The van der Waals surface area contributed by atoms with E-state index >= 15 is 0 Å². The molecule has 0 spiro atoms. The second-order valence-corrected chi connectivity index (χ2v) is 9.63. The number of ether oxygens (including phenoxy) is 1. The Labute approximate surface area is 175 Å². The molecule has 3 N–H and O–H groups in total. The maximum atomic E-state index is 11.8. The predicted molar refractivity (Wildman–Crippen MR) is 114 cm³/mol. The van der Waals surface area contributed by atoms with E-state index in [1.54, 1.807) is 17.7 Å². The Morgan fingerprint density at radius 3 is 2.72 bits per heavy atom. The Morgan fingerprint density at radius 2 is 1.97 bits per heavy atom. The molecule has 1 amide bonds. The van der Waals surface area contributed by atoms with Gasteiger partial charge in [0.25, 0.3) is 0 Å². The molecule has 0 unspecified atom stereocenters. The average molecular weight is 416 g/mol. The lowest BCUT2D eigenvalue weighted by molar-refractivity contribution is -0.122. The number of carbonyl (C=O) groups excluding carboxylic acids is 1. The first-order chi connectivity index (χ1) is 14.2. The normalized spacial score (nSPS) is 28.2. The van der Waals surface area contributed by atoms with Crippen LogP contribution in [0, 0.1) is 5.92 Å². The zero-order valence-corrected chi connectivity index (χ0v) is 17.5. The molecule has 0 radical (unpaired) electrons. The molecule has 1 atom stereocenters. The minimum absolute atomic E-state index is 0.0719. The Balaban J connectivity index is 1.31. The minimum atomic E-state index is -0.192. The highest BCUT2D eigenvalue weighted by Gasteiger charge is 2.30. The highest BCUT2D eigenvalue weighted by atomic mass is 32.1. The number of primary amides is 1. The van der Waals surface area contributed by atoms with Crippen molar-refractivity contribution in [3.63, 3.8) is 0 Å². The highest BCUT2D eigenvalue weighted by molar-refractivity contribution is 7.19. The van der Waals surface area contributed by atoms with Crippen molar-refractivity contribution in [1.29, 1.82) is 0 Å². The zero-order valence-electron chi connectivity index (χ0n) is 16.7. The first kappa shape index (κ1) is 19.2. The Hall–Kier alpha value is -1.77. The molecular formula is C21H29N5O2S. The van der Waals surface area contributed by atoms with Gasteiger partial charge in [0.15, 0.2) is 0 Å². The second kappa shape index (κ2) is 8.16. The molecule has 2 aromatic heterocycles. The van der Waals surface area contributed by atoms with E-state index in [0.29, 0.717) is 12.1 Å². The second-order valence-electron chi connectivity index (χ2n) is 8.55. The zero-order chi connectivity index (χ0) is 19.8. The van der Waals surface area contributed by atoms with Crippen LogP contribution in [0.2, 0.25) is 0 Å². The third-order valence-electron chi connectivity index (χ3n) is 6.84. The van der Waals surface area contributed by atoms with E-state index in [-0.39, 0.29) is 11.8 Å². The molecule has 5 rings (SSSR count). The van der Waals surface area contributed by atoms with E-state index in [1.807, 2.05) is 0 Å². The van der Waals surface area contributed by atoms with Gasteiger partial charge in [-0.2, -0.15) is 0 Å². The molecule has 8 heteroatoms. The van der Waals surface area contributed by atoms with Crippen molar-refractivity contribution in [2.45, 2.75) is 57.0 Å². The van der Waals surface area contributed by atoms with Crippen molar-refractivity contribution in [3.8, 4) is 0 Å². The molecule has 2 fully saturated rings. The monoisotopic (exact) mass is 415 g/mol. The quantitative estimate of drug-likeness (QED) is 0.796. The number of fused-ring (bicyclic) bond motifs is 3. The SMILES string of the molecule is NC(=O)[C@@H]1CCc2sc3ncnc(NC4CCC(N5CCOCC5)CC4)c3c2C1. The molecule has 2 aromatic rings. The summed E-state index contributed by atoms with van der Waals surface area (Å²) in [6.45, 7) is 3.87. The molecular weight excluding hydrogens is 386 g/mol. The van der Waals surface area contributed by atoms with Crippen molar-refractivity contribution in [2.75, 3.05) is 31.6 Å². The smallest absolute Gasteiger partial charge is 0.220 e. The fourth-order valence-electron chi connectivity index (χ4n) is 5.18. The van der Waals surface area contributed by atoms with Crippen LogP contribution >= 0.6 is 11.3 Å². The van der Waals surface area contributed by atoms with Gasteiger partial charge in [-0.1, -0.05) is 0 Å². The molecule has 0 aromatic carbocycles. The number of hydrogen-bond acceptors (Lipinski definition) is 7. The number of carbonyl (C=O) groups is 1. The van der Waals surface area contributed by atoms with Crippen LogP contribution in [0.5, 0.6) is 0 Å². The summed E-state index contributed by atoms with van der Waals surface area (Å²) in [4.78, 5) is 25.8. The summed E-state index contributed by atoms with van der Waals surface area (Å²) < 4.78 is 5.50. The van der Waals surface area contributed by atoms with Gasteiger partial charge < -0.3 is 15.8 Å². The first-order valence-electron chi connectivity index (χ1n) is 10.8. The van der Waals surface area contributed by atoms with Crippen LogP contribution in [0.15, 0.2) is 6.33 Å². The summed E-state index contributed by atoms with van der Waals surface area (Å²) in [5.41, 5.74) is 6.85. The lowest BCUT2D eigenvalue weighted by atomic mass is 9.86. The van der Waals surface area contributed by atoms with E-state index in [2.05, 4.69) is 20.2 Å². The van der Waals surface area contributed by atoms with Crippen molar-refractivity contribution in [3.05, 3.63) is 16.8 Å². The molecule has 29 heavy (non-hydrogen) atoms. The Kier molecular flexibility index (Phi) is 5.41. The van der Waals surface area contributed by atoms with Crippen molar-refractivity contribution in [2.24, 2.45) is 11.7 Å².